The number of hydrogen-bond donors (Lipinski definition) is 2. The van der Waals surface area contributed by atoms with Crippen molar-refractivity contribution in [3.05, 3.63) is 11.1 Å². The molecule has 1 fully saturated rings. The summed E-state index contributed by atoms with van der Waals surface area (Å²) in [4.78, 5) is 27.7. The van der Waals surface area contributed by atoms with E-state index in [1.165, 1.54) is 24.7 Å². The molecule has 1 heterocycles. The van der Waals surface area contributed by atoms with Crippen molar-refractivity contribution in [2.75, 3.05) is 11.9 Å². The van der Waals surface area contributed by atoms with Gasteiger partial charge in [-0.3, -0.25) is 9.59 Å². The molecule has 1 amide bonds. The second kappa shape index (κ2) is 5.79. The second-order valence-electron chi connectivity index (χ2n) is 5.09. The summed E-state index contributed by atoms with van der Waals surface area (Å²) in [5.41, 5.74) is 5.75. The van der Waals surface area contributed by atoms with Gasteiger partial charge in [0.05, 0.1) is 5.41 Å². The molecule has 6 heteroatoms. The van der Waals surface area contributed by atoms with Crippen LogP contribution in [0.3, 0.4) is 0 Å². The van der Waals surface area contributed by atoms with E-state index < -0.39 is 5.41 Å². The van der Waals surface area contributed by atoms with E-state index in [1.54, 1.807) is 5.38 Å². The molecular weight excluding hydrogens is 262 g/mol. The lowest BCUT2D eigenvalue weighted by atomic mass is 9.73. The minimum atomic E-state index is -0.458. The Kier molecular flexibility index (Phi) is 4.31. The van der Waals surface area contributed by atoms with Gasteiger partial charge in [0.2, 0.25) is 5.91 Å². The standard InChI is InChI=1S/C13H19N3O2S/c1-9(17)10-7-19-12(15-10)16-11(18)13(8-14)5-3-2-4-6-13/h7H,2-6,8,14H2,1H3,(H,15,16,18). The topological polar surface area (TPSA) is 85.1 Å². The summed E-state index contributed by atoms with van der Waals surface area (Å²) in [5.74, 6) is -0.151. The van der Waals surface area contributed by atoms with Gasteiger partial charge in [-0.25, -0.2) is 4.98 Å². The van der Waals surface area contributed by atoms with E-state index in [2.05, 4.69) is 10.3 Å². The highest BCUT2D eigenvalue weighted by Crippen LogP contribution is 2.36. The maximum atomic E-state index is 12.4. The van der Waals surface area contributed by atoms with E-state index in [9.17, 15) is 9.59 Å². The number of rotatable bonds is 4. The van der Waals surface area contributed by atoms with Gasteiger partial charge in [-0.15, -0.1) is 11.3 Å². The number of nitrogens with one attached hydrogen (secondary N) is 1. The van der Waals surface area contributed by atoms with Gasteiger partial charge in [-0.05, 0) is 12.8 Å². The molecule has 5 nitrogen and oxygen atoms in total. The van der Waals surface area contributed by atoms with Crippen LogP contribution in [0.5, 0.6) is 0 Å². The molecule has 0 atom stereocenters. The Bertz CT molecular complexity index is 478. The fourth-order valence-corrected chi connectivity index (χ4v) is 3.22. The highest BCUT2D eigenvalue weighted by molar-refractivity contribution is 7.14. The molecule has 1 aliphatic rings. The molecule has 0 aliphatic heterocycles. The van der Waals surface area contributed by atoms with E-state index >= 15 is 0 Å². The summed E-state index contributed by atoms with van der Waals surface area (Å²) in [5, 5.41) is 4.96. The van der Waals surface area contributed by atoms with Crippen molar-refractivity contribution >= 4 is 28.2 Å². The summed E-state index contributed by atoms with van der Waals surface area (Å²) in [6, 6.07) is 0. The molecular formula is C13H19N3O2S. The lowest BCUT2D eigenvalue weighted by molar-refractivity contribution is -0.126. The lowest BCUT2D eigenvalue weighted by Crippen LogP contribution is -2.43. The van der Waals surface area contributed by atoms with Gasteiger partial charge in [0.15, 0.2) is 10.9 Å². The average molecular weight is 281 g/mol. The zero-order valence-electron chi connectivity index (χ0n) is 11.1. The molecule has 0 spiro atoms. The molecule has 0 radical (unpaired) electrons. The van der Waals surface area contributed by atoms with E-state index in [4.69, 9.17) is 5.73 Å². The largest absolute Gasteiger partial charge is 0.329 e. The minimum Gasteiger partial charge on any atom is -0.329 e. The number of thiazole rings is 1. The number of nitrogens with two attached hydrogens (primary N) is 1. The fourth-order valence-electron chi connectivity index (χ4n) is 2.47. The predicted molar refractivity (Wildman–Crippen MR) is 75.3 cm³/mol. The monoisotopic (exact) mass is 281 g/mol. The van der Waals surface area contributed by atoms with Crippen LogP contribution in [0.15, 0.2) is 5.38 Å². The van der Waals surface area contributed by atoms with Crippen LogP contribution in [0.2, 0.25) is 0 Å². The third-order valence-corrected chi connectivity index (χ3v) is 4.53. The highest BCUT2D eigenvalue weighted by Gasteiger charge is 2.38. The molecule has 0 bridgehead atoms. The Balaban J connectivity index is 2.08. The van der Waals surface area contributed by atoms with Crippen LogP contribution in [0, 0.1) is 5.41 Å². The molecule has 1 aromatic heterocycles. The molecule has 0 aromatic carbocycles. The Morgan fingerprint density at radius 3 is 2.63 bits per heavy atom. The fraction of sp³-hybridized carbons (Fsp3) is 0.615. The maximum Gasteiger partial charge on any atom is 0.233 e. The molecule has 1 aromatic rings. The van der Waals surface area contributed by atoms with Crippen molar-refractivity contribution in [3.8, 4) is 0 Å². The number of aromatic nitrogens is 1. The smallest absolute Gasteiger partial charge is 0.233 e. The molecule has 1 saturated carbocycles. The van der Waals surface area contributed by atoms with Crippen LogP contribution in [-0.4, -0.2) is 23.2 Å². The summed E-state index contributed by atoms with van der Waals surface area (Å²) < 4.78 is 0. The van der Waals surface area contributed by atoms with Gasteiger partial charge < -0.3 is 11.1 Å². The van der Waals surface area contributed by atoms with Crippen LogP contribution in [0.4, 0.5) is 5.13 Å². The van der Waals surface area contributed by atoms with Crippen LogP contribution >= 0.6 is 11.3 Å². The van der Waals surface area contributed by atoms with Crippen LogP contribution in [0.1, 0.15) is 49.5 Å². The molecule has 1 aliphatic carbocycles. The SMILES string of the molecule is CC(=O)c1csc(NC(=O)C2(CN)CCCCC2)n1. The quantitative estimate of drug-likeness (QED) is 0.828. The van der Waals surface area contributed by atoms with E-state index in [-0.39, 0.29) is 11.7 Å². The van der Waals surface area contributed by atoms with Crippen molar-refractivity contribution in [1.82, 2.24) is 4.98 Å². The maximum absolute atomic E-state index is 12.4. The first-order chi connectivity index (χ1) is 9.07. The van der Waals surface area contributed by atoms with Gasteiger partial charge >= 0.3 is 0 Å². The first-order valence-corrected chi connectivity index (χ1v) is 7.43. The first kappa shape index (κ1) is 14.1. The number of hydrogen-bond acceptors (Lipinski definition) is 5. The van der Waals surface area contributed by atoms with Crippen molar-refractivity contribution in [2.24, 2.45) is 11.1 Å². The normalized spacial score (nSPS) is 18.0. The van der Waals surface area contributed by atoms with E-state index in [0.29, 0.717) is 17.4 Å². The third-order valence-electron chi connectivity index (χ3n) is 3.77. The number of anilines is 1. The zero-order chi connectivity index (χ0) is 13.9. The first-order valence-electron chi connectivity index (χ1n) is 6.55. The number of amides is 1. The number of ketones is 1. The van der Waals surface area contributed by atoms with E-state index in [1.807, 2.05) is 0 Å². The van der Waals surface area contributed by atoms with Gasteiger partial charge in [-0.2, -0.15) is 0 Å². The number of carbonyl (C=O) groups excluding carboxylic acids is 2. The van der Waals surface area contributed by atoms with Crippen molar-refractivity contribution in [1.29, 1.82) is 0 Å². The average Bonchev–Trinajstić information content (AvgIpc) is 2.88. The second-order valence-corrected chi connectivity index (χ2v) is 5.95. The van der Waals surface area contributed by atoms with Gasteiger partial charge in [0, 0.05) is 18.8 Å². The van der Waals surface area contributed by atoms with Gasteiger partial charge in [0.25, 0.3) is 0 Å². The highest BCUT2D eigenvalue weighted by atomic mass is 32.1. The Morgan fingerprint density at radius 2 is 2.11 bits per heavy atom. The number of Topliss-reactive ketones (excluding diaryl/α,β-unsaturated/α-hetero) is 1. The Hall–Kier alpha value is -1.27. The van der Waals surface area contributed by atoms with Gasteiger partial charge in [-0.1, -0.05) is 19.3 Å². The molecule has 3 N–H and O–H groups in total. The molecule has 104 valence electrons. The minimum absolute atomic E-state index is 0.0563. The van der Waals surface area contributed by atoms with Gasteiger partial charge in [0.1, 0.15) is 5.69 Å². The summed E-state index contributed by atoms with van der Waals surface area (Å²) in [6.07, 6.45) is 4.92. The van der Waals surface area contributed by atoms with Crippen LogP contribution in [0.25, 0.3) is 0 Å². The zero-order valence-corrected chi connectivity index (χ0v) is 11.9. The van der Waals surface area contributed by atoms with Crippen LogP contribution in [-0.2, 0) is 4.79 Å². The third kappa shape index (κ3) is 3.01. The van der Waals surface area contributed by atoms with E-state index in [0.717, 1.165) is 25.7 Å². The summed E-state index contributed by atoms with van der Waals surface area (Å²) in [7, 11) is 0. The number of nitrogens with zero attached hydrogens (tertiary/aromatic N) is 1. The molecule has 19 heavy (non-hydrogen) atoms. The Morgan fingerprint density at radius 1 is 1.42 bits per heavy atom. The van der Waals surface area contributed by atoms with Crippen molar-refractivity contribution in [3.63, 3.8) is 0 Å². The summed E-state index contributed by atoms with van der Waals surface area (Å²) >= 11 is 1.27. The van der Waals surface area contributed by atoms with Crippen molar-refractivity contribution in [2.45, 2.75) is 39.0 Å². The van der Waals surface area contributed by atoms with Crippen LogP contribution < -0.4 is 11.1 Å². The molecule has 0 saturated heterocycles. The molecule has 0 unspecified atom stereocenters. The summed E-state index contributed by atoms with van der Waals surface area (Å²) in [6.45, 7) is 1.83. The molecule has 2 rings (SSSR count). The predicted octanol–water partition coefficient (Wildman–Crippen LogP) is 2.19. The van der Waals surface area contributed by atoms with Crippen molar-refractivity contribution < 1.29 is 9.59 Å². The number of carbonyl (C=O) groups is 2. The lowest BCUT2D eigenvalue weighted by Gasteiger charge is -2.34. The Labute approximate surface area is 116 Å².